The lowest BCUT2D eigenvalue weighted by Crippen LogP contribution is -2.39. The Kier molecular flexibility index (Phi) is 11.5. The van der Waals surface area contributed by atoms with E-state index in [1.54, 1.807) is 0 Å². The maximum atomic E-state index is 12.6. The molecule has 0 aromatic heterocycles. The van der Waals surface area contributed by atoms with Crippen molar-refractivity contribution in [3.63, 3.8) is 0 Å². The van der Waals surface area contributed by atoms with E-state index in [0.29, 0.717) is 38.0 Å². The minimum absolute atomic E-state index is 0.266. The first-order valence-electron chi connectivity index (χ1n) is 15.1. The molecule has 2 aromatic carbocycles. The van der Waals surface area contributed by atoms with E-state index in [1.807, 2.05) is 0 Å². The quantitative estimate of drug-likeness (QED) is 0.192. The third-order valence-corrected chi connectivity index (χ3v) is 8.69. The third-order valence-electron chi connectivity index (χ3n) is 8.69. The van der Waals surface area contributed by atoms with Crippen molar-refractivity contribution in [3.05, 3.63) is 88.0 Å². The summed E-state index contributed by atoms with van der Waals surface area (Å²) in [6, 6.07) is 6.91. The van der Waals surface area contributed by atoms with E-state index in [-0.39, 0.29) is 11.1 Å². The second-order valence-corrected chi connectivity index (χ2v) is 11.5. The summed E-state index contributed by atoms with van der Waals surface area (Å²) in [6.07, 6.45) is 4.54. The molecule has 18 heteroatoms. The van der Waals surface area contributed by atoms with Gasteiger partial charge in [0, 0.05) is 50.4 Å². The summed E-state index contributed by atoms with van der Waals surface area (Å²) in [5.41, 5.74) is -2.47. The summed E-state index contributed by atoms with van der Waals surface area (Å²) in [5, 5.41) is 45.2. The average Bonchev–Trinajstić information content (AvgIpc) is 3.06. The molecule has 2 aliphatic heterocycles. The molecule has 4 rings (SSSR count). The fourth-order valence-corrected chi connectivity index (χ4v) is 6.06. The highest BCUT2D eigenvalue weighted by molar-refractivity contribution is 5.69. The predicted molar refractivity (Wildman–Crippen MR) is 162 cm³/mol. The van der Waals surface area contributed by atoms with Gasteiger partial charge in [-0.3, -0.25) is 40.5 Å². The predicted octanol–water partition coefficient (Wildman–Crippen LogP) is 5.89. The van der Waals surface area contributed by atoms with Crippen molar-refractivity contribution in [1.29, 1.82) is 0 Å². The van der Waals surface area contributed by atoms with Gasteiger partial charge in [0.15, 0.2) is 0 Å². The normalized spacial score (nSPS) is 15.6. The molecule has 0 unspecified atom stereocenters. The summed E-state index contributed by atoms with van der Waals surface area (Å²) in [7, 11) is 0. The summed E-state index contributed by atoms with van der Waals surface area (Å²) in [6.45, 7) is 0.606. The molecular formula is C29H34N6O12. The number of carbonyl (C=O) groups excluding carboxylic acids is 2. The Balaban J connectivity index is 1.14. The molecule has 18 nitrogen and oxygen atoms in total. The number of carbonyl (C=O) groups is 2. The SMILES string of the molecule is O=C(OCc1c([N+](=O)[O-])cccc1[N+](=O)[O-])N1CCC(CCCC2CCN(C(=O)OCc3c([N+](=O)[O-])cccc3[N+](=O)[O-])CC2)CC1. The van der Waals surface area contributed by atoms with Crippen molar-refractivity contribution in [3.8, 4) is 0 Å². The van der Waals surface area contributed by atoms with Crippen LogP contribution in [0.15, 0.2) is 36.4 Å². The molecule has 0 bridgehead atoms. The van der Waals surface area contributed by atoms with E-state index < -0.39 is 67.8 Å². The first-order chi connectivity index (χ1) is 22.5. The molecule has 2 heterocycles. The van der Waals surface area contributed by atoms with Gasteiger partial charge in [0.1, 0.15) is 24.3 Å². The number of benzene rings is 2. The summed E-state index contributed by atoms with van der Waals surface area (Å²) in [5.74, 6) is 0.799. The molecule has 2 fully saturated rings. The fraction of sp³-hybridized carbons (Fsp3) is 0.517. The first kappa shape index (κ1) is 34.5. The second-order valence-electron chi connectivity index (χ2n) is 11.5. The van der Waals surface area contributed by atoms with E-state index in [2.05, 4.69) is 0 Å². The largest absolute Gasteiger partial charge is 0.444 e. The molecule has 0 radical (unpaired) electrons. The third kappa shape index (κ3) is 8.86. The van der Waals surface area contributed by atoms with Gasteiger partial charge in [-0.1, -0.05) is 19.3 Å². The molecule has 0 spiro atoms. The summed E-state index contributed by atoms with van der Waals surface area (Å²) in [4.78, 5) is 70.4. The number of likely N-dealkylation sites (tertiary alicyclic amines) is 2. The van der Waals surface area contributed by atoms with E-state index >= 15 is 0 Å². The fourth-order valence-electron chi connectivity index (χ4n) is 6.06. The Morgan fingerprint density at radius 2 is 0.894 bits per heavy atom. The van der Waals surface area contributed by atoms with E-state index in [1.165, 1.54) is 21.9 Å². The molecule has 252 valence electrons. The molecule has 2 aromatic rings. The Morgan fingerprint density at radius 3 is 1.17 bits per heavy atom. The zero-order chi connectivity index (χ0) is 34.1. The number of rotatable bonds is 12. The number of piperidine rings is 2. The molecule has 0 atom stereocenters. The highest BCUT2D eigenvalue weighted by Gasteiger charge is 2.30. The topological polar surface area (TPSA) is 232 Å². The number of nitrogens with zero attached hydrogens (tertiary/aromatic N) is 6. The Bertz CT molecular complexity index is 1340. The van der Waals surface area contributed by atoms with Gasteiger partial charge in [-0.2, -0.15) is 0 Å². The second kappa shape index (κ2) is 15.7. The van der Waals surface area contributed by atoms with Crippen molar-refractivity contribution in [2.24, 2.45) is 11.8 Å². The molecule has 2 aliphatic rings. The lowest BCUT2D eigenvalue weighted by Gasteiger charge is -2.33. The molecule has 2 amide bonds. The monoisotopic (exact) mass is 658 g/mol. The number of hydrogen-bond acceptors (Lipinski definition) is 12. The zero-order valence-corrected chi connectivity index (χ0v) is 25.4. The lowest BCUT2D eigenvalue weighted by molar-refractivity contribution is -0.396. The maximum absolute atomic E-state index is 12.6. The standard InChI is InChI=1S/C29H34N6O12/c36-28(46-18-22-24(32(38)39)6-2-7-25(22)33(40)41)30-14-10-20(11-15-30)4-1-5-21-12-16-31(17-13-21)29(37)47-19-23-26(34(42)43)8-3-9-27(23)35(44)45/h2-3,6-9,20-21H,1,4-5,10-19H2. The van der Waals surface area contributed by atoms with E-state index in [9.17, 15) is 50.0 Å². The van der Waals surface area contributed by atoms with E-state index in [4.69, 9.17) is 9.47 Å². The number of amides is 2. The van der Waals surface area contributed by atoms with Crippen molar-refractivity contribution in [2.75, 3.05) is 26.2 Å². The van der Waals surface area contributed by atoms with Crippen molar-refractivity contribution in [1.82, 2.24) is 9.80 Å². The minimum Gasteiger partial charge on any atom is -0.444 e. The van der Waals surface area contributed by atoms with Crippen LogP contribution in [0.5, 0.6) is 0 Å². The summed E-state index contributed by atoms with van der Waals surface area (Å²) < 4.78 is 10.4. The van der Waals surface area contributed by atoms with Crippen LogP contribution in [-0.2, 0) is 22.7 Å². The van der Waals surface area contributed by atoms with Crippen molar-refractivity contribution >= 4 is 34.9 Å². The van der Waals surface area contributed by atoms with Crippen molar-refractivity contribution < 1.29 is 38.8 Å². The van der Waals surface area contributed by atoms with Crippen LogP contribution in [0.2, 0.25) is 0 Å². The van der Waals surface area contributed by atoms with Crippen LogP contribution in [-0.4, -0.2) is 67.9 Å². The number of ether oxygens (including phenoxy) is 2. The van der Waals surface area contributed by atoms with Crippen LogP contribution < -0.4 is 0 Å². The van der Waals surface area contributed by atoms with Crippen LogP contribution in [0.4, 0.5) is 32.3 Å². The lowest BCUT2D eigenvalue weighted by atomic mass is 9.87. The highest BCUT2D eigenvalue weighted by atomic mass is 16.6. The maximum Gasteiger partial charge on any atom is 0.410 e. The molecule has 0 N–H and O–H groups in total. The Morgan fingerprint density at radius 1 is 0.596 bits per heavy atom. The molecule has 2 saturated heterocycles. The summed E-state index contributed by atoms with van der Waals surface area (Å²) >= 11 is 0. The molecule has 0 saturated carbocycles. The number of nitro groups is 4. The average molecular weight is 659 g/mol. The smallest absolute Gasteiger partial charge is 0.410 e. The van der Waals surface area contributed by atoms with Gasteiger partial charge in [0.25, 0.3) is 22.7 Å². The van der Waals surface area contributed by atoms with Crippen LogP contribution in [0, 0.1) is 52.3 Å². The highest BCUT2D eigenvalue weighted by Crippen LogP contribution is 2.32. The molecule has 47 heavy (non-hydrogen) atoms. The molecular weight excluding hydrogens is 624 g/mol. The van der Waals surface area contributed by atoms with Crippen LogP contribution >= 0.6 is 0 Å². The van der Waals surface area contributed by atoms with Gasteiger partial charge in [-0.15, -0.1) is 0 Å². The minimum atomic E-state index is -0.749. The van der Waals surface area contributed by atoms with Crippen LogP contribution in [0.3, 0.4) is 0 Å². The number of hydrogen-bond donors (Lipinski definition) is 0. The number of nitro benzene ring substituents is 4. The first-order valence-corrected chi connectivity index (χ1v) is 15.1. The zero-order valence-electron chi connectivity index (χ0n) is 25.4. The van der Waals surface area contributed by atoms with Gasteiger partial charge in [-0.25, -0.2) is 9.59 Å². The van der Waals surface area contributed by atoms with Crippen LogP contribution in [0.25, 0.3) is 0 Å². The van der Waals surface area contributed by atoms with Gasteiger partial charge < -0.3 is 19.3 Å². The van der Waals surface area contributed by atoms with E-state index in [0.717, 1.165) is 69.2 Å². The van der Waals surface area contributed by atoms with Gasteiger partial charge in [-0.05, 0) is 49.7 Å². The van der Waals surface area contributed by atoms with Gasteiger partial charge in [0.05, 0.1) is 19.7 Å². The Hall–Kier alpha value is -5.42. The van der Waals surface area contributed by atoms with Crippen LogP contribution in [0.1, 0.15) is 56.1 Å². The Labute approximate surface area is 267 Å². The van der Waals surface area contributed by atoms with Gasteiger partial charge >= 0.3 is 12.2 Å². The molecule has 0 aliphatic carbocycles. The van der Waals surface area contributed by atoms with Gasteiger partial charge in [0.2, 0.25) is 0 Å². The van der Waals surface area contributed by atoms with Crippen molar-refractivity contribution in [2.45, 2.75) is 58.2 Å².